The van der Waals surface area contributed by atoms with E-state index in [0.717, 1.165) is 0 Å². The van der Waals surface area contributed by atoms with E-state index in [1.807, 2.05) is 11.4 Å². The molecule has 38 valence electrons. The first-order valence-corrected chi connectivity index (χ1v) is 8.40. The molecule has 0 unspecified atom stereocenters. The maximum atomic E-state index is 3.14. The summed E-state index contributed by atoms with van der Waals surface area (Å²) in [7, 11) is 0. The Hall–Kier alpha value is 1.30. The molecule has 3 heteroatoms. The molecule has 0 bridgehead atoms. The van der Waals surface area contributed by atoms with Crippen molar-refractivity contribution < 1.29 is 0 Å². The topological polar surface area (TPSA) is 0 Å². The molecule has 0 aromatic carbocycles. The number of hydrogen-bond donors (Lipinski definition) is 0. The monoisotopic (exact) mass is 188 g/mol. The Balaban J connectivity index is 3.48. The van der Waals surface area contributed by atoms with E-state index >= 15 is 0 Å². The normalized spacial score (nSPS) is 11.8. The molecule has 0 fully saturated rings. The van der Waals surface area contributed by atoms with Crippen LogP contribution in [-0.2, 0) is 0 Å². The SMILES string of the molecule is CSP(C)(C)=[Se]. The molecular formula is C3H9PSSe. The van der Waals surface area contributed by atoms with Crippen molar-refractivity contribution in [3.63, 3.8) is 0 Å². The zero-order valence-electron chi connectivity index (χ0n) is 4.26. The summed E-state index contributed by atoms with van der Waals surface area (Å²) in [4.78, 5) is 0. The second-order valence-electron chi connectivity index (χ2n) is 1.43. The van der Waals surface area contributed by atoms with E-state index in [0.29, 0.717) is 0 Å². The van der Waals surface area contributed by atoms with Crippen LogP contribution in [0.2, 0.25) is 0 Å². The number of rotatable bonds is 1. The summed E-state index contributed by atoms with van der Waals surface area (Å²) < 4.78 is -0.605. The van der Waals surface area contributed by atoms with Crippen LogP contribution in [0.15, 0.2) is 0 Å². The van der Waals surface area contributed by atoms with Gasteiger partial charge in [0.15, 0.2) is 0 Å². The van der Waals surface area contributed by atoms with Crippen LogP contribution < -0.4 is 0 Å². The van der Waals surface area contributed by atoms with E-state index < -0.39 is 4.71 Å². The molecule has 0 aliphatic rings. The Morgan fingerprint density at radius 2 is 1.67 bits per heavy atom. The zero-order chi connectivity index (χ0) is 5.21. The molecule has 0 spiro atoms. The Morgan fingerprint density at radius 3 is 1.67 bits per heavy atom. The fourth-order valence-corrected chi connectivity index (χ4v) is 0. The standard InChI is InChI=1S/C3H9PSSe/c1-4(2,6)5-3/h1-3H3. The van der Waals surface area contributed by atoms with Gasteiger partial charge in [0.05, 0.1) is 0 Å². The van der Waals surface area contributed by atoms with Gasteiger partial charge in [-0.25, -0.2) is 0 Å². The third-order valence-corrected chi connectivity index (χ3v) is 6.77. The molecule has 0 saturated heterocycles. The van der Waals surface area contributed by atoms with E-state index in [1.54, 1.807) is 0 Å². The van der Waals surface area contributed by atoms with Gasteiger partial charge >= 0.3 is 50.8 Å². The summed E-state index contributed by atoms with van der Waals surface area (Å²) in [6.07, 6.45) is 2.14. The molecular weight excluding hydrogens is 178 g/mol. The molecule has 0 aliphatic carbocycles. The van der Waals surface area contributed by atoms with Crippen molar-refractivity contribution in [2.24, 2.45) is 0 Å². The summed E-state index contributed by atoms with van der Waals surface area (Å²) in [6, 6.07) is 0. The van der Waals surface area contributed by atoms with Crippen LogP contribution in [0.1, 0.15) is 0 Å². The Morgan fingerprint density at radius 1 is 1.50 bits per heavy atom. The average Bonchev–Trinajstić information content (AvgIpc) is 1.35. The van der Waals surface area contributed by atoms with Gasteiger partial charge in [0.1, 0.15) is 0 Å². The molecule has 0 rings (SSSR count). The molecule has 0 aliphatic heterocycles. The van der Waals surface area contributed by atoms with Gasteiger partial charge < -0.3 is 0 Å². The average molecular weight is 187 g/mol. The summed E-state index contributed by atoms with van der Waals surface area (Å²) in [6.45, 7) is 4.52. The summed E-state index contributed by atoms with van der Waals surface area (Å²) >= 11 is 5.08. The van der Waals surface area contributed by atoms with Crippen LogP contribution in [-0.4, -0.2) is 34.7 Å². The zero-order valence-corrected chi connectivity index (χ0v) is 7.69. The van der Waals surface area contributed by atoms with Gasteiger partial charge in [0, 0.05) is 0 Å². The van der Waals surface area contributed by atoms with Crippen LogP contribution in [0.4, 0.5) is 0 Å². The Bertz CT molecular complexity index is 74.9. The third kappa shape index (κ3) is 5.30. The van der Waals surface area contributed by atoms with Crippen molar-refractivity contribution in [1.82, 2.24) is 0 Å². The van der Waals surface area contributed by atoms with E-state index in [1.165, 1.54) is 0 Å². The molecule has 0 heterocycles. The molecule has 0 radical (unpaired) electrons. The Labute approximate surface area is 51.1 Å². The molecule has 0 aromatic heterocycles. The van der Waals surface area contributed by atoms with Crippen molar-refractivity contribution in [3.8, 4) is 0 Å². The molecule has 0 atom stereocenters. The predicted octanol–water partition coefficient (Wildman–Crippen LogP) is 1.63. The molecule has 0 N–H and O–H groups in total. The maximum absolute atomic E-state index is 3.14. The summed E-state index contributed by atoms with van der Waals surface area (Å²) in [5, 5.41) is 0. The molecule has 0 saturated carbocycles. The second-order valence-corrected chi connectivity index (χ2v) is 15.4. The van der Waals surface area contributed by atoms with Gasteiger partial charge in [0.25, 0.3) is 0 Å². The van der Waals surface area contributed by atoms with E-state index in [4.69, 9.17) is 0 Å². The Kier molecular flexibility index (Phi) is 3.12. The van der Waals surface area contributed by atoms with Crippen molar-refractivity contribution in [3.05, 3.63) is 0 Å². The van der Waals surface area contributed by atoms with Gasteiger partial charge in [-0.1, -0.05) is 0 Å². The van der Waals surface area contributed by atoms with Crippen molar-refractivity contribution >= 4 is 31.2 Å². The number of hydrogen-bond acceptors (Lipinski definition) is 1. The van der Waals surface area contributed by atoms with Crippen molar-refractivity contribution in [2.75, 3.05) is 19.6 Å². The molecule has 0 aromatic rings. The van der Waals surface area contributed by atoms with Crippen LogP contribution in [0.3, 0.4) is 0 Å². The van der Waals surface area contributed by atoms with E-state index in [-0.39, 0.29) is 0 Å². The van der Waals surface area contributed by atoms with Crippen molar-refractivity contribution in [2.45, 2.75) is 0 Å². The molecule has 6 heavy (non-hydrogen) atoms. The second kappa shape index (κ2) is 2.57. The third-order valence-electron chi connectivity index (χ3n) is 0.440. The van der Waals surface area contributed by atoms with Gasteiger partial charge in [-0.3, -0.25) is 0 Å². The predicted molar refractivity (Wildman–Crippen MR) is 38.0 cm³/mol. The molecule has 0 amide bonds. The first-order chi connectivity index (χ1) is 2.56. The summed E-state index contributed by atoms with van der Waals surface area (Å²) in [5.41, 5.74) is 0. The fraction of sp³-hybridized carbons (Fsp3) is 1.00. The van der Waals surface area contributed by atoms with Crippen LogP contribution >= 0.6 is 16.1 Å². The first kappa shape index (κ1) is 7.30. The van der Waals surface area contributed by atoms with Gasteiger partial charge in [-0.05, 0) is 0 Å². The van der Waals surface area contributed by atoms with E-state index in [9.17, 15) is 0 Å². The van der Waals surface area contributed by atoms with Gasteiger partial charge in [-0.2, -0.15) is 0 Å². The van der Waals surface area contributed by atoms with Gasteiger partial charge in [0.2, 0.25) is 0 Å². The van der Waals surface area contributed by atoms with E-state index in [2.05, 4.69) is 34.7 Å². The minimum absolute atomic E-state index is 0.605. The quantitative estimate of drug-likeness (QED) is 0.444. The minimum atomic E-state index is -0.605. The van der Waals surface area contributed by atoms with Crippen LogP contribution in [0.25, 0.3) is 0 Å². The fourth-order valence-electron chi connectivity index (χ4n) is 0. The molecule has 0 nitrogen and oxygen atoms in total. The van der Waals surface area contributed by atoms with Gasteiger partial charge in [-0.15, -0.1) is 0 Å². The first-order valence-electron chi connectivity index (χ1n) is 1.67. The van der Waals surface area contributed by atoms with Crippen LogP contribution in [0, 0.1) is 0 Å². The van der Waals surface area contributed by atoms with Crippen molar-refractivity contribution in [1.29, 1.82) is 0 Å². The summed E-state index contributed by atoms with van der Waals surface area (Å²) in [5.74, 6) is 0. The van der Waals surface area contributed by atoms with Crippen LogP contribution in [0.5, 0.6) is 0 Å².